The first-order valence-electron chi connectivity index (χ1n) is 6.78. The smallest absolute Gasteiger partial charge is 0.348 e. The number of hydrogen-bond acceptors (Lipinski definition) is 5. The van der Waals surface area contributed by atoms with Crippen LogP contribution in [-0.4, -0.2) is 17.0 Å². The molecular formula is C16H13NO5. The van der Waals surface area contributed by atoms with Crippen molar-refractivity contribution in [3.63, 3.8) is 0 Å². The number of nitro benzene ring substituents is 1. The van der Waals surface area contributed by atoms with Crippen molar-refractivity contribution in [1.29, 1.82) is 0 Å². The van der Waals surface area contributed by atoms with Crippen LogP contribution < -0.4 is 4.74 Å². The average Bonchev–Trinajstić information content (AvgIpc) is 2.97. The molecule has 0 amide bonds. The van der Waals surface area contributed by atoms with Gasteiger partial charge in [-0.2, -0.15) is 0 Å². The number of esters is 1. The first kappa shape index (κ1) is 14.1. The number of carbonyl (C=O) groups excluding carboxylic acids is 1. The van der Waals surface area contributed by atoms with E-state index in [-0.39, 0.29) is 12.3 Å². The number of hydrogen-bond donors (Lipinski definition) is 0. The third kappa shape index (κ3) is 2.76. The Balaban J connectivity index is 1.64. The lowest BCUT2D eigenvalue weighted by molar-refractivity contribution is -0.385. The van der Waals surface area contributed by atoms with Gasteiger partial charge >= 0.3 is 5.97 Å². The molecule has 0 unspecified atom stereocenters. The molecule has 0 aromatic heterocycles. The maximum absolute atomic E-state index is 12.1. The van der Waals surface area contributed by atoms with E-state index in [0.29, 0.717) is 17.7 Å². The topological polar surface area (TPSA) is 78.7 Å². The van der Waals surface area contributed by atoms with Crippen LogP contribution in [0.15, 0.2) is 48.5 Å². The zero-order chi connectivity index (χ0) is 15.5. The van der Waals surface area contributed by atoms with E-state index in [1.807, 2.05) is 18.2 Å². The molecular weight excluding hydrogens is 286 g/mol. The molecule has 112 valence electrons. The summed E-state index contributed by atoms with van der Waals surface area (Å²) < 4.78 is 10.7. The van der Waals surface area contributed by atoms with Crippen LogP contribution in [0.3, 0.4) is 0 Å². The van der Waals surface area contributed by atoms with Crippen LogP contribution in [0.4, 0.5) is 5.69 Å². The van der Waals surface area contributed by atoms with Gasteiger partial charge in [0.1, 0.15) is 12.4 Å². The average molecular weight is 299 g/mol. The molecule has 0 saturated carbocycles. The highest BCUT2D eigenvalue weighted by Gasteiger charge is 2.30. The minimum absolute atomic E-state index is 0.0640. The number of nitro groups is 1. The van der Waals surface area contributed by atoms with Gasteiger partial charge in [0.2, 0.25) is 0 Å². The van der Waals surface area contributed by atoms with E-state index in [4.69, 9.17) is 9.47 Å². The van der Waals surface area contributed by atoms with Crippen LogP contribution in [-0.2, 0) is 22.6 Å². The molecule has 1 aliphatic rings. The maximum atomic E-state index is 12.1. The largest absolute Gasteiger partial charge is 0.478 e. The molecule has 0 aliphatic carbocycles. The summed E-state index contributed by atoms with van der Waals surface area (Å²) in [4.78, 5) is 22.5. The van der Waals surface area contributed by atoms with Gasteiger partial charge in [0.25, 0.3) is 5.69 Å². The lowest BCUT2D eigenvalue weighted by atomic mass is 10.1. The summed E-state index contributed by atoms with van der Waals surface area (Å²) in [6.45, 7) is -0.147. The monoisotopic (exact) mass is 299 g/mol. The number of para-hydroxylation sites is 2. The highest BCUT2D eigenvalue weighted by atomic mass is 16.6. The lowest BCUT2D eigenvalue weighted by Crippen LogP contribution is -2.27. The molecule has 0 fully saturated rings. The number of ether oxygens (including phenoxy) is 2. The van der Waals surface area contributed by atoms with E-state index in [1.165, 1.54) is 6.07 Å². The van der Waals surface area contributed by atoms with E-state index in [2.05, 4.69) is 0 Å². The quantitative estimate of drug-likeness (QED) is 0.492. The number of rotatable bonds is 4. The van der Waals surface area contributed by atoms with Gasteiger partial charge in [0.05, 0.1) is 10.5 Å². The third-order valence-corrected chi connectivity index (χ3v) is 3.47. The van der Waals surface area contributed by atoms with Gasteiger partial charge in [0, 0.05) is 12.5 Å². The zero-order valence-corrected chi connectivity index (χ0v) is 11.6. The maximum Gasteiger partial charge on any atom is 0.348 e. The predicted octanol–water partition coefficient (Wildman–Crippen LogP) is 2.64. The standard InChI is InChI=1S/C16H13NO5/c18-16(15-9-11-5-2-4-8-14(11)22-15)21-10-12-6-1-3-7-13(12)17(19)20/h1-8,15H,9-10H2/t15-/m0/s1. The predicted molar refractivity (Wildman–Crippen MR) is 77.5 cm³/mol. The molecule has 1 atom stereocenters. The van der Waals surface area contributed by atoms with Gasteiger partial charge in [-0.05, 0) is 17.7 Å². The van der Waals surface area contributed by atoms with Gasteiger partial charge in [0.15, 0.2) is 6.10 Å². The van der Waals surface area contributed by atoms with Gasteiger partial charge in [-0.3, -0.25) is 10.1 Å². The Morgan fingerprint density at radius 2 is 1.95 bits per heavy atom. The second-order valence-corrected chi connectivity index (χ2v) is 4.91. The van der Waals surface area contributed by atoms with Gasteiger partial charge in [-0.1, -0.05) is 30.3 Å². The Kier molecular flexibility index (Phi) is 3.74. The minimum Gasteiger partial charge on any atom is -0.478 e. The van der Waals surface area contributed by atoms with Crippen molar-refractivity contribution in [2.24, 2.45) is 0 Å². The summed E-state index contributed by atoms with van der Waals surface area (Å²) >= 11 is 0. The molecule has 2 aromatic rings. The molecule has 1 aliphatic heterocycles. The van der Waals surface area contributed by atoms with Crippen LogP contribution >= 0.6 is 0 Å². The van der Waals surface area contributed by atoms with E-state index < -0.39 is 17.0 Å². The molecule has 1 heterocycles. The second kappa shape index (κ2) is 5.85. The lowest BCUT2D eigenvalue weighted by Gasteiger charge is -2.10. The Morgan fingerprint density at radius 1 is 1.23 bits per heavy atom. The summed E-state index contributed by atoms with van der Waals surface area (Å²) in [5.74, 6) is 0.157. The molecule has 0 N–H and O–H groups in total. The Morgan fingerprint density at radius 3 is 2.73 bits per heavy atom. The van der Waals surface area contributed by atoms with E-state index in [9.17, 15) is 14.9 Å². The number of benzene rings is 2. The number of carbonyl (C=O) groups is 1. The minimum atomic E-state index is -0.694. The van der Waals surface area contributed by atoms with Crippen LogP contribution in [0, 0.1) is 10.1 Å². The van der Waals surface area contributed by atoms with Crippen molar-refractivity contribution >= 4 is 11.7 Å². The van der Waals surface area contributed by atoms with E-state index >= 15 is 0 Å². The van der Waals surface area contributed by atoms with Gasteiger partial charge in [-0.25, -0.2) is 4.79 Å². The van der Waals surface area contributed by atoms with Gasteiger partial charge in [-0.15, -0.1) is 0 Å². The van der Waals surface area contributed by atoms with Crippen LogP contribution in [0.1, 0.15) is 11.1 Å². The zero-order valence-electron chi connectivity index (χ0n) is 11.6. The van der Waals surface area contributed by atoms with Crippen LogP contribution in [0.2, 0.25) is 0 Å². The molecule has 6 nitrogen and oxygen atoms in total. The highest BCUT2D eigenvalue weighted by Crippen LogP contribution is 2.29. The molecule has 0 radical (unpaired) electrons. The van der Waals surface area contributed by atoms with Crippen LogP contribution in [0.25, 0.3) is 0 Å². The van der Waals surface area contributed by atoms with E-state index in [0.717, 1.165) is 5.56 Å². The van der Waals surface area contributed by atoms with Crippen molar-refractivity contribution in [2.45, 2.75) is 19.1 Å². The normalized spacial score (nSPS) is 15.7. The summed E-state index contributed by atoms with van der Waals surface area (Å²) in [5, 5.41) is 10.9. The highest BCUT2D eigenvalue weighted by molar-refractivity contribution is 5.77. The molecule has 0 spiro atoms. The first-order chi connectivity index (χ1) is 10.6. The van der Waals surface area contributed by atoms with Crippen molar-refractivity contribution in [2.75, 3.05) is 0 Å². The molecule has 22 heavy (non-hydrogen) atoms. The molecule has 6 heteroatoms. The SMILES string of the molecule is O=C(OCc1ccccc1[N+](=O)[O-])[C@@H]1Cc2ccccc2O1. The van der Waals surface area contributed by atoms with Crippen LogP contribution in [0.5, 0.6) is 5.75 Å². The Hall–Kier alpha value is -2.89. The second-order valence-electron chi connectivity index (χ2n) is 4.91. The van der Waals surface area contributed by atoms with Crippen molar-refractivity contribution in [1.82, 2.24) is 0 Å². The van der Waals surface area contributed by atoms with E-state index in [1.54, 1.807) is 24.3 Å². The molecule has 0 bridgehead atoms. The third-order valence-electron chi connectivity index (χ3n) is 3.47. The van der Waals surface area contributed by atoms with Gasteiger partial charge < -0.3 is 9.47 Å². The number of nitrogens with zero attached hydrogens (tertiary/aromatic N) is 1. The molecule has 0 saturated heterocycles. The molecule has 3 rings (SSSR count). The summed E-state index contributed by atoms with van der Waals surface area (Å²) in [5.41, 5.74) is 1.25. The summed E-state index contributed by atoms with van der Waals surface area (Å²) in [7, 11) is 0. The molecule has 2 aromatic carbocycles. The van der Waals surface area contributed by atoms with Crippen molar-refractivity contribution in [3.8, 4) is 5.75 Å². The van der Waals surface area contributed by atoms with Crippen molar-refractivity contribution < 1.29 is 19.2 Å². The summed E-state index contributed by atoms with van der Waals surface area (Å²) in [6.07, 6.45) is -0.244. The fourth-order valence-corrected chi connectivity index (χ4v) is 2.37. The Bertz CT molecular complexity index is 703. The Labute approximate surface area is 126 Å². The van der Waals surface area contributed by atoms with Crippen molar-refractivity contribution in [3.05, 3.63) is 69.8 Å². The fraction of sp³-hybridized carbons (Fsp3) is 0.188. The summed E-state index contributed by atoms with van der Waals surface area (Å²) in [6, 6.07) is 13.6. The first-order valence-corrected chi connectivity index (χ1v) is 6.78. The fourth-order valence-electron chi connectivity index (χ4n) is 2.37. The number of fused-ring (bicyclic) bond motifs is 1.